The fraction of sp³-hybridized carbons (Fsp3) is 0.238. The van der Waals surface area contributed by atoms with E-state index in [9.17, 15) is 13.2 Å². The number of thiazole rings is 1. The van der Waals surface area contributed by atoms with Crippen molar-refractivity contribution in [3.8, 4) is 28.5 Å². The summed E-state index contributed by atoms with van der Waals surface area (Å²) in [6, 6.07) is 9.91. The Bertz CT molecular complexity index is 1300. The molecule has 2 aliphatic heterocycles. The van der Waals surface area contributed by atoms with E-state index in [0.717, 1.165) is 12.0 Å². The Balaban J connectivity index is 1.40. The van der Waals surface area contributed by atoms with E-state index in [1.54, 1.807) is 22.4 Å². The van der Waals surface area contributed by atoms with Crippen LogP contribution in [0.15, 0.2) is 46.7 Å². The van der Waals surface area contributed by atoms with Gasteiger partial charge in [-0.05, 0) is 36.8 Å². The molecule has 0 spiro atoms. The first-order valence-electron chi connectivity index (χ1n) is 9.90. The van der Waals surface area contributed by atoms with Crippen molar-refractivity contribution in [1.82, 2.24) is 4.98 Å². The number of nitrogens with zero attached hydrogens (tertiary/aromatic N) is 2. The summed E-state index contributed by atoms with van der Waals surface area (Å²) in [6.07, 6.45) is 0.817. The number of aromatic nitrogens is 1. The molecule has 0 bridgehead atoms. The average Bonchev–Trinajstić information content (AvgIpc) is 3.44. The summed E-state index contributed by atoms with van der Waals surface area (Å²) in [7, 11) is -3.85. The summed E-state index contributed by atoms with van der Waals surface area (Å²) in [5.41, 5.74) is 2.04. The topological polar surface area (TPSA) is 107 Å². The van der Waals surface area contributed by atoms with E-state index < -0.39 is 10.0 Å². The Hall–Kier alpha value is -3.31. The van der Waals surface area contributed by atoms with Crippen LogP contribution in [0.3, 0.4) is 0 Å². The van der Waals surface area contributed by atoms with Crippen LogP contribution in [0.5, 0.6) is 17.2 Å². The highest BCUT2D eigenvalue weighted by atomic mass is 32.2. The second-order valence-corrected chi connectivity index (χ2v) is 9.72. The summed E-state index contributed by atoms with van der Waals surface area (Å²) in [5.74, 6) is 1.44. The van der Waals surface area contributed by atoms with Gasteiger partial charge in [0.1, 0.15) is 5.75 Å². The minimum Gasteiger partial charge on any atom is -0.482 e. The van der Waals surface area contributed by atoms with Gasteiger partial charge in [0.05, 0.1) is 16.3 Å². The molecule has 0 aliphatic carbocycles. The Morgan fingerprint density at radius 2 is 1.91 bits per heavy atom. The molecule has 2 aromatic carbocycles. The molecule has 1 amide bonds. The maximum absolute atomic E-state index is 12.8. The zero-order valence-electron chi connectivity index (χ0n) is 17.0. The molecule has 1 aromatic heterocycles. The van der Waals surface area contributed by atoms with Gasteiger partial charge in [-0.15, -0.1) is 11.3 Å². The van der Waals surface area contributed by atoms with E-state index >= 15 is 0 Å². The number of hydrogen-bond acceptors (Lipinski definition) is 8. The summed E-state index contributed by atoms with van der Waals surface area (Å²) >= 11 is 1.17. The molecule has 3 heterocycles. The zero-order chi connectivity index (χ0) is 22.3. The molecular weight excluding hydrogens is 454 g/mol. The van der Waals surface area contributed by atoms with E-state index in [-0.39, 0.29) is 29.3 Å². The summed E-state index contributed by atoms with van der Waals surface area (Å²) < 4.78 is 44.1. The van der Waals surface area contributed by atoms with Gasteiger partial charge in [-0.25, -0.2) is 13.4 Å². The molecule has 0 atom stereocenters. The van der Waals surface area contributed by atoms with E-state index in [1.807, 2.05) is 19.1 Å². The number of anilines is 2. The molecule has 0 saturated carbocycles. The quantitative estimate of drug-likeness (QED) is 0.584. The lowest BCUT2D eigenvalue weighted by atomic mass is 10.1. The normalized spacial score (nSPS) is 14.8. The third-order valence-corrected chi connectivity index (χ3v) is 7.25. The van der Waals surface area contributed by atoms with Crippen molar-refractivity contribution in [2.24, 2.45) is 0 Å². The van der Waals surface area contributed by atoms with Crippen LogP contribution in [0.25, 0.3) is 11.3 Å². The van der Waals surface area contributed by atoms with Gasteiger partial charge in [0.2, 0.25) is 6.79 Å². The number of fused-ring (bicyclic) bond motifs is 2. The van der Waals surface area contributed by atoms with Crippen molar-refractivity contribution in [3.05, 3.63) is 41.8 Å². The minimum absolute atomic E-state index is 0.0227. The maximum Gasteiger partial charge on any atom is 0.265 e. The van der Waals surface area contributed by atoms with Crippen LogP contribution >= 0.6 is 11.3 Å². The lowest BCUT2D eigenvalue weighted by molar-refractivity contribution is -0.121. The van der Waals surface area contributed by atoms with Crippen molar-refractivity contribution in [2.45, 2.75) is 18.2 Å². The largest absolute Gasteiger partial charge is 0.482 e. The minimum atomic E-state index is -3.85. The van der Waals surface area contributed by atoms with Crippen LogP contribution in [0.4, 0.5) is 10.8 Å². The maximum atomic E-state index is 12.8. The molecule has 0 fully saturated rings. The molecule has 9 nitrogen and oxygen atoms in total. The SMILES string of the molecule is CCCN1C(=O)COc2ccc(-c3csc(NS(=O)(=O)c4ccc5c(c4)OCO5)n3)cc21. The van der Waals surface area contributed by atoms with Crippen LogP contribution < -0.4 is 23.8 Å². The molecule has 32 heavy (non-hydrogen) atoms. The number of sulfonamides is 1. The molecule has 11 heteroatoms. The van der Waals surface area contributed by atoms with E-state index in [1.165, 1.54) is 23.5 Å². The van der Waals surface area contributed by atoms with Gasteiger partial charge < -0.3 is 19.1 Å². The molecule has 2 aliphatic rings. The number of ether oxygens (including phenoxy) is 3. The first-order valence-corrected chi connectivity index (χ1v) is 12.3. The van der Waals surface area contributed by atoms with E-state index in [4.69, 9.17) is 14.2 Å². The highest BCUT2D eigenvalue weighted by Crippen LogP contribution is 2.38. The monoisotopic (exact) mass is 473 g/mol. The number of hydrogen-bond donors (Lipinski definition) is 1. The predicted octanol–water partition coefficient (Wildman–Crippen LogP) is 3.48. The Morgan fingerprint density at radius 1 is 1.09 bits per heavy atom. The highest BCUT2D eigenvalue weighted by molar-refractivity contribution is 7.93. The number of amides is 1. The molecule has 166 valence electrons. The molecule has 0 radical (unpaired) electrons. The zero-order valence-corrected chi connectivity index (χ0v) is 18.7. The van der Waals surface area contributed by atoms with Crippen molar-refractivity contribution in [1.29, 1.82) is 0 Å². The van der Waals surface area contributed by atoms with Crippen LogP contribution in [-0.4, -0.2) is 39.3 Å². The molecular formula is C21H19N3O6S2. The van der Waals surface area contributed by atoms with Gasteiger partial charge in [-0.3, -0.25) is 9.52 Å². The van der Waals surface area contributed by atoms with Crippen molar-refractivity contribution in [2.75, 3.05) is 29.6 Å². The Labute approximate surface area is 188 Å². The molecule has 5 rings (SSSR count). The van der Waals surface area contributed by atoms with Gasteiger partial charge in [-0.2, -0.15) is 0 Å². The number of carbonyl (C=O) groups is 1. The second kappa shape index (κ2) is 7.99. The lowest BCUT2D eigenvalue weighted by Gasteiger charge is -2.29. The first kappa shape index (κ1) is 20.6. The van der Waals surface area contributed by atoms with Crippen molar-refractivity contribution >= 4 is 38.1 Å². The van der Waals surface area contributed by atoms with Crippen LogP contribution in [0.1, 0.15) is 13.3 Å². The van der Waals surface area contributed by atoms with Gasteiger partial charge >= 0.3 is 0 Å². The van der Waals surface area contributed by atoms with Crippen molar-refractivity contribution < 1.29 is 27.4 Å². The number of rotatable bonds is 6. The number of carbonyl (C=O) groups excluding carboxylic acids is 1. The first-order chi connectivity index (χ1) is 15.4. The fourth-order valence-corrected chi connectivity index (χ4v) is 5.49. The smallest absolute Gasteiger partial charge is 0.265 e. The fourth-order valence-electron chi connectivity index (χ4n) is 3.50. The summed E-state index contributed by atoms with van der Waals surface area (Å²) in [4.78, 5) is 18.4. The third-order valence-electron chi connectivity index (χ3n) is 5.03. The third kappa shape index (κ3) is 3.73. The van der Waals surface area contributed by atoms with Crippen LogP contribution in [-0.2, 0) is 14.8 Å². The number of nitrogens with one attached hydrogen (secondary N) is 1. The molecule has 0 unspecified atom stereocenters. The average molecular weight is 474 g/mol. The predicted molar refractivity (Wildman–Crippen MR) is 119 cm³/mol. The summed E-state index contributed by atoms with van der Waals surface area (Å²) in [6.45, 7) is 2.69. The van der Waals surface area contributed by atoms with Gasteiger partial charge in [-0.1, -0.05) is 6.92 Å². The van der Waals surface area contributed by atoms with Crippen LogP contribution in [0, 0.1) is 0 Å². The molecule has 0 saturated heterocycles. The van der Waals surface area contributed by atoms with Gasteiger partial charge in [0.15, 0.2) is 23.2 Å². The lowest BCUT2D eigenvalue weighted by Crippen LogP contribution is -2.39. The summed E-state index contributed by atoms with van der Waals surface area (Å²) in [5, 5.41) is 1.99. The van der Waals surface area contributed by atoms with Crippen LogP contribution in [0.2, 0.25) is 0 Å². The van der Waals surface area contributed by atoms with E-state index in [2.05, 4.69) is 9.71 Å². The van der Waals surface area contributed by atoms with Gasteiger partial charge in [0, 0.05) is 23.6 Å². The number of benzene rings is 2. The van der Waals surface area contributed by atoms with E-state index in [0.29, 0.717) is 35.2 Å². The van der Waals surface area contributed by atoms with Crippen molar-refractivity contribution in [3.63, 3.8) is 0 Å². The highest BCUT2D eigenvalue weighted by Gasteiger charge is 2.26. The molecule has 3 aromatic rings. The Morgan fingerprint density at radius 3 is 2.75 bits per heavy atom. The van der Waals surface area contributed by atoms with Gasteiger partial charge in [0.25, 0.3) is 15.9 Å². The standard InChI is InChI=1S/C21H19N3O6S2/c1-2-7-24-16-8-13(3-5-17(16)28-10-20(24)25)15-11-31-21(22-15)23-32(26,27)14-4-6-18-19(9-14)30-12-29-18/h3-6,8-9,11H,2,7,10,12H2,1H3,(H,22,23). The molecule has 1 N–H and O–H groups in total. The second-order valence-electron chi connectivity index (χ2n) is 7.18. The Kier molecular flexibility index (Phi) is 5.14.